The van der Waals surface area contributed by atoms with Crippen LogP contribution in [0.5, 0.6) is 0 Å². The zero-order valence-corrected chi connectivity index (χ0v) is 13.0. The molecule has 0 spiro atoms. The van der Waals surface area contributed by atoms with Crippen molar-refractivity contribution >= 4 is 23.6 Å². The topological polar surface area (TPSA) is 49.9 Å². The maximum absolute atomic E-state index is 12.0. The Morgan fingerprint density at radius 1 is 1.00 bits per heavy atom. The van der Waals surface area contributed by atoms with E-state index in [0.29, 0.717) is 37.8 Å². The van der Waals surface area contributed by atoms with Crippen LogP contribution in [0.1, 0.15) is 19.8 Å². The Morgan fingerprint density at radius 2 is 1.50 bits per heavy atom. The second-order valence-corrected chi connectivity index (χ2v) is 6.53. The molecule has 2 heterocycles. The number of morpholine rings is 1. The summed E-state index contributed by atoms with van der Waals surface area (Å²) in [4.78, 5) is 27.7. The molecule has 2 fully saturated rings. The van der Waals surface area contributed by atoms with Gasteiger partial charge in [-0.3, -0.25) is 9.59 Å². The van der Waals surface area contributed by atoms with E-state index in [1.54, 1.807) is 0 Å². The SMILES string of the molecule is CC1CCN(C(=O)CSCC(=O)N2CCOCC2)CC1. The van der Waals surface area contributed by atoms with Gasteiger partial charge in [0.05, 0.1) is 24.7 Å². The Kier molecular flexibility index (Phi) is 6.16. The molecule has 2 aliphatic heterocycles. The van der Waals surface area contributed by atoms with Gasteiger partial charge in [-0.25, -0.2) is 0 Å². The highest BCUT2D eigenvalue weighted by Crippen LogP contribution is 2.17. The van der Waals surface area contributed by atoms with Gasteiger partial charge in [-0.1, -0.05) is 6.92 Å². The fraction of sp³-hybridized carbons (Fsp3) is 0.857. The number of likely N-dealkylation sites (tertiary alicyclic amines) is 1. The standard InChI is InChI=1S/C14H24N2O3S/c1-12-2-4-15(5-3-12)13(17)10-20-11-14(18)16-6-8-19-9-7-16/h12H,2-11H2,1H3. The lowest BCUT2D eigenvalue weighted by molar-refractivity contribution is -0.132. The number of carbonyl (C=O) groups is 2. The lowest BCUT2D eigenvalue weighted by atomic mass is 9.99. The smallest absolute Gasteiger partial charge is 0.232 e. The Hall–Kier alpha value is -0.750. The normalized spacial score (nSPS) is 21.1. The number of carbonyl (C=O) groups excluding carboxylic acids is 2. The molecule has 0 aromatic carbocycles. The Bertz CT molecular complexity index is 337. The zero-order valence-electron chi connectivity index (χ0n) is 12.2. The number of ether oxygens (including phenoxy) is 1. The summed E-state index contributed by atoms with van der Waals surface area (Å²) in [6.45, 7) is 6.59. The van der Waals surface area contributed by atoms with E-state index >= 15 is 0 Å². The molecular weight excluding hydrogens is 276 g/mol. The third-order valence-electron chi connectivity index (χ3n) is 3.95. The van der Waals surface area contributed by atoms with Crippen molar-refractivity contribution < 1.29 is 14.3 Å². The van der Waals surface area contributed by atoms with Crippen LogP contribution in [0.3, 0.4) is 0 Å². The van der Waals surface area contributed by atoms with Gasteiger partial charge in [-0.2, -0.15) is 0 Å². The molecule has 0 aromatic rings. The molecule has 0 saturated carbocycles. The van der Waals surface area contributed by atoms with Crippen molar-refractivity contribution in [1.29, 1.82) is 0 Å². The van der Waals surface area contributed by atoms with E-state index in [1.165, 1.54) is 11.8 Å². The molecule has 5 nitrogen and oxygen atoms in total. The zero-order chi connectivity index (χ0) is 14.4. The second kappa shape index (κ2) is 7.88. The van der Waals surface area contributed by atoms with Crippen molar-refractivity contribution in [2.45, 2.75) is 19.8 Å². The van der Waals surface area contributed by atoms with E-state index in [0.717, 1.165) is 31.8 Å². The van der Waals surface area contributed by atoms with Crippen LogP contribution in [0.25, 0.3) is 0 Å². The van der Waals surface area contributed by atoms with Crippen molar-refractivity contribution in [2.24, 2.45) is 5.92 Å². The highest BCUT2D eigenvalue weighted by atomic mass is 32.2. The van der Waals surface area contributed by atoms with E-state index in [2.05, 4.69) is 6.92 Å². The summed E-state index contributed by atoms with van der Waals surface area (Å²) in [6.07, 6.45) is 2.20. The molecule has 2 saturated heterocycles. The summed E-state index contributed by atoms with van der Waals surface area (Å²) in [5, 5.41) is 0. The summed E-state index contributed by atoms with van der Waals surface area (Å²) >= 11 is 1.43. The molecule has 0 bridgehead atoms. The first-order valence-electron chi connectivity index (χ1n) is 7.38. The molecule has 2 amide bonds. The van der Waals surface area contributed by atoms with E-state index in [1.807, 2.05) is 9.80 Å². The molecule has 0 radical (unpaired) electrons. The first-order chi connectivity index (χ1) is 9.66. The van der Waals surface area contributed by atoms with Gasteiger partial charge < -0.3 is 14.5 Å². The van der Waals surface area contributed by atoms with Gasteiger partial charge in [0.15, 0.2) is 0 Å². The summed E-state index contributed by atoms with van der Waals surface area (Å²) in [7, 11) is 0. The van der Waals surface area contributed by atoms with Crippen LogP contribution in [0.15, 0.2) is 0 Å². The molecule has 6 heteroatoms. The number of rotatable bonds is 4. The fourth-order valence-electron chi connectivity index (χ4n) is 2.48. The van der Waals surface area contributed by atoms with Crippen LogP contribution >= 0.6 is 11.8 Å². The highest BCUT2D eigenvalue weighted by molar-refractivity contribution is 8.00. The number of amides is 2. The minimum absolute atomic E-state index is 0.123. The van der Waals surface area contributed by atoms with Crippen LogP contribution in [-0.2, 0) is 14.3 Å². The summed E-state index contributed by atoms with van der Waals surface area (Å²) in [5.74, 6) is 1.85. The van der Waals surface area contributed by atoms with E-state index in [-0.39, 0.29) is 11.8 Å². The largest absolute Gasteiger partial charge is 0.378 e. The van der Waals surface area contributed by atoms with Gasteiger partial charge in [0.25, 0.3) is 0 Å². The van der Waals surface area contributed by atoms with Gasteiger partial charge in [0.1, 0.15) is 0 Å². The molecule has 20 heavy (non-hydrogen) atoms. The second-order valence-electron chi connectivity index (χ2n) is 5.55. The third-order valence-corrected chi connectivity index (χ3v) is 4.85. The van der Waals surface area contributed by atoms with Crippen molar-refractivity contribution in [1.82, 2.24) is 9.80 Å². The van der Waals surface area contributed by atoms with Gasteiger partial charge >= 0.3 is 0 Å². The number of thioether (sulfide) groups is 1. The molecule has 2 rings (SSSR count). The molecule has 0 aromatic heterocycles. The molecule has 2 aliphatic rings. The lowest BCUT2D eigenvalue weighted by Crippen LogP contribution is -2.42. The van der Waals surface area contributed by atoms with Gasteiger partial charge in [0.2, 0.25) is 11.8 Å². The maximum Gasteiger partial charge on any atom is 0.232 e. The Morgan fingerprint density at radius 3 is 2.05 bits per heavy atom. The minimum Gasteiger partial charge on any atom is -0.378 e. The van der Waals surface area contributed by atoms with Crippen molar-refractivity contribution in [3.8, 4) is 0 Å². The predicted octanol–water partition coefficient (Wildman–Crippen LogP) is 0.837. The average Bonchev–Trinajstić information content (AvgIpc) is 2.48. The van der Waals surface area contributed by atoms with Gasteiger partial charge in [0, 0.05) is 26.2 Å². The predicted molar refractivity (Wildman–Crippen MR) is 79.7 cm³/mol. The Labute approximate surface area is 125 Å². The summed E-state index contributed by atoms with van der Waals surface area (Å²) < 4.78 is 5.22. The fourth-order valence-corrected chi connectivity index (χ4v) is 3.30. The monoisotopic (exact) mass is 300 g/mol. The molecule has 0 N–H and O–H groups in total. The first kappa shape index (κ1) is 15.6. The quantitative estimate of drug-likeness (QED) is 0.772. The van der Waals surface area contributed by atoms with Crippen LogP contribution in [-0.4, -0.2) is 72.5 Å². The molecular formula is C14H24N2O3S. The third kappa shape index (κ3) is 4.66. The maximum atomic E-state index is 12.0. The number of piperidine rings is 1. The first-order valence-corrected chi connectivity index (χ1v) is 8.53. The van der Waals surface area contributed by atoms with E-state index in [4.69, 9.17) is 4.74 Å². The number of hydrogen-bond donors (Lipinski definition) is 0. The van der Waals surface area contributed by atoms with Gasteiger partial charge in [-0.05, 0) is 18.8 Å². The molecule has 114 valence electrons. The van der Waals surface area contributed by atoms with Crippen molar-refractivity contribution in [3.05, 3.63) is 0 Å². The van der Waals surface area contributed by atoms with Crippen LogP contribution in [0, 0.1) is 5.92 Å². The molecule has 0 aliphatic carbocycles. The van der Waals surface area contributed by atoms with Crippen LogP contribution in [0.4, 0.5) is 0 Å². The Balaban J connectivity index is 1.62. The van der Waals surface area contributed by atoms with Crippen LogP contribution in [0.2, 0.25) is 0 Å². The molecule has 0 unspecified atom stereocenters. The van der Waals surface area contributed by atoms with E-state index in [9.17, 15) is 9.59 Å². The lowest BCUT2D eigenvalue weighted by Gasteiger charge is -2.30. The average molecular weight is 300 g/mol. The van der Waals surface area contributed by atoms with Crippen molar-refractivity contribution in [3.63, 3.8) is 0 Å². The van der Waals surface area contributed by atoms with Gasteiger partial charge in [-0.15, -0.1) is 11.8 Å². The number of hydrogen-bond acceptors (Lipinski definition) is 4. The van der Waals surface area contributed by atoms with Crippen molar-refractivity contribution in [2.75, 3.05) is 50.9 Å². The number of nitrogens with zero attached hydrogens (tertiary/aromatic N) is 2. The van der Waals surface area contributed by atoms with E-state index < -0.39 is 0 Å². The minimum atomic E-state index is 0.123. The van der Waals surface area contributed by atoms with Crippen LogP contribution < -0.4 is 0 Å². The summed E-state index contributed by atoms with van der Waals surface area (Å²) in [6, 6.07) is 0. The highest BCUT2D eigenvalue weighted by Gasteiger charge is 2.21. The summed E-state index contributed by atoms with van der Waals surface area (Å²) in [5.41, 5.74) is 0. The molecule has 0 atom stereocenters.